The van der Waals surface area contributed by atoms with Crippen LogP contribution in [0.3, 0.4) is 0 Å². The molecule has 8 atom stereocenters. The Morgan fingerprint density at radius 1 is 0.762 bits per heavy atom. The molecule has 0 aromatic rings. The Bertz CT molecular complexity index is 422. The van der Waals surface area contributed by atoms with Gasteiger partial charge in [0.15, 0.2) is 0 Å². The molecule has 21 heavy (non-hydrogen) atoms. The van der Waals surface area contributed by atoms with Crippen molar-refractivity contribution in [2.75, 3.05) is 0 Å². The maximum absolute atomic E-state index is 10.5. The molecule has 0 heterocycles. The normalized spacial score (nSPS) is 60.0. The van der Waals surface area contributed by atoms with Gasteiger partial charge in [-0.1, -0.05) is 13.8 Å². The minimum Gasteiger partial charge on any atom is -0.393 e. The van der Waals surface area contributed by atoms with Gasteiger partial charge >= 0.3 is 0 Å². The van der Waals surface area contributed by atoms with Crippen LogP contribution in [0.1, 0.15) is 71.6 Å². The number of fused-ring (bicyclic) bond motifs is 5. The van der Waals surface area contributed by atoms with Crippen molar-refractivity contribution in [1.29, 1.82) is 0 Å². The monoisotopic (exact) mass is 292 g/mol. The lowest BCUT2D eigenvalue weighted by atomic mass is 9.45. The van der Waals surface area contributed by atoms with Crippen molar-refractivity contribution in [3.8, 4) is 0 Å². The lowest BCUT2D eigenvalue weighted by molar-refractivity contribution is -0.133. The molecule has 120 valence electrons. The van der Waals surface area contributed by atoms with E-state index in [1.54, 1.807) is 0 Å². The minimum atomic E-state index is -0.0536. The predicted octanol–water partition coefficient (Wildman–Crippen LogP) is 3.75. The highest BCUT2D eigenvalue weighted by Gasteiger charge is 2.59. The highest BCUT2D eigenvalue weighted by Crippen LogP contribution is 2.66. The maximum atomic E-state index is 10.5. The second-order valence-corrected chi connectivity index (χ2v) is 9.22. The molecule has 0 aromatic heterocycles. The molecule has 0 aromatic carbocycles. The number of aliphatic hydroxyl groups is 2. The van der Waals surface area contributed by atoms with Crippen molar-refractivity contribution < 1.29 is 10.2 Å². The molecule has 0 unspecified atom stereocenters. The fourth-order valence-electron chi connectivity index (χ4n) is 7.21. The zero-order valence-electron chi connectivity index (χ0n) is 13.7. The average Bonchev–Trinajstić information content (AvgIpc) is 2.76. The third kappa shape index (κ3) is 1.91. The van der Waals surface area contributed by atoms with Crippen molar-refractivity contribution in [2.45, 2.75) is 83.8 Å². The Labute approximate surface area is 129 Å². The van der Waals surface area contributed by atoms with E-state index in [4.69, 9.17) is 0 Å². The molecule has 0 bridgehead atoms. The molecule has 0 radical (unpaired) electrons. The molecule has 4 saturated carbocycles. The summed E-state index contributed by atoms with van der Waals surface area (Å²) >= 11 is 0. The molecule has 0 aliphatic heterocycles. The summed E-state index contributed by atoms with van der Waals surface area (Å²) in [7, 11) is 0. The summed E-state index contributed by atoms with van der Waals surface area (Å²) in [5, 5.41) is 20.5. The van der Waals surface area contributed by atoms with Crippen LogP contribution in [0.25, 0.3) is 0 Å². The van der Waals surface area contributed by atoms with Crippen LogP contribution in [0.2, 0.25) is 0 Å². The van der Waals surface area contributed by atoms with Crippen molar-refractivity contribution in [2.24, 2.45) is 34.5 Å². The van der Waals surface area contributed by atoms with Gasteiger partial charge in [-0.15, -0.1) is 0 Å². The molecule has 4 aliphatic rings. The number of aliphatic hydroxyl groups excluding tert-OH is 2. The summed E-state index contributed by atoms with van der Waals surface area (Å²) in [5.74, 6) is 3.21. The maximum Gasteiger partial charge on any atom is 0.0596 e. The van der Waals surface area contributed by atoms with Gasteiger partial charge in [-0.2, -0.15) is 0 Å². The van der Waals surface area contributed by atoms with Crippen LogP contribution >= 0.6 is 0 Å². The minimum absolute atomic E-state index is 0.0400. The summed E-state index contributed by atoms with van der Waals surface area (Å²) in [4.78, 5) is 0. The average molecular weight is 292 g/mol. The second-order valence-electron chi connectivity index (χ2n) is 9.22. The fourth-order valence-corrected chi connectivity index (χ4v) is 7.21. The quantitative estimate of drug-likeness (QED) is 0.714. The zero-order valence-corrected chi connectivity index (χ0v) is 13.7. The molecule has 4 aliphatic carbocycles. The van der Waals surface area contributed by atoms with Gasteiger partial charge in [0.05, 0.1) is 12.2 Å². The van der Waals surface area contributed by atoms with E-state index in [1.807, 2.05) is 0 Å². The molecule has 2 N–H and O–H groups in total. The summed E-state index contributed by atoms with van der Waals surface area (Å²) in [6.07, 6.45) is 10.7. The standard InChI is InChI=1S/C19H32O2/c1-18-9-7-13(20)11-12(18)3-4-14-15-5-6-17(21)19(15,2)10-8-16(14)18/h12-17,20-21H,3-11H2,1-2H3/t12-,13-,14-,15-,16-,17-,18-,19-/m1/s1. The van der Waals surface area contributed by atoms with Gasteiger partial charge in [0.2, 0.25) is 0 Å². The molecular formula is C19H32O2. The van der Waals surface area contributed by atoms with E-state index in [-0.39, 0.29) is 17.6 Å². The Morgan fingerprint density at radius 3 is 2.29 bits per heavy atom. The smallest absolute Gasteiger partial charge is 0.0596 e. The van der Waals surface area contributed by atoms with Crippen molar-refractivity contribution >= 4 is 0 Å². The Balaban J connectivity index is 1.62. The largest absolute Gasteiger partial charge is 0.393 e. The molecular weight excluding hydrogens is 260 g/mol. The summed E-state index contributed by atoms with van der Waals surface area (Å²) in [6, 6.07) is 0. The first-order valence-electron chi connectivity index (χ1n) is 9.31. The van der Waals surface area contributed by atoms with Gasteiger partial charge in [-0.3, -0.25) is 0 Å². The molecule has 0 spiro atoms. The molecule has 2 heteroatoms. The number of hydrogen-bond acceptors (Lipinski definition) is 2. The first-order chi connectivity index (χ1) is 9.95. The van der Waals surface area contributed by atoms with Crippen LogP contribution < -0.4 is 0 Å². The van der Waals surface area contributed by atoms with Gasteiger partial charge in [-0.25, -0.2) is 0 Å². The van der Waals surface area contributed by atoms with Crippen molar-refractivity contribution in [3.05, 3.63) is 0 Å². The van der Waals surface area contributed by atoms with Crippen molar-refractivity contribution in [3.63, 3.8) is 0 Å². The van der Waals surface area contributed by atoms with Gasteiger partial charge in [0.1, 0.15) is 0 Å². The Kier molecular flexibility index (Phi) is 3.25. The van der Waals surface area contributed by atoms with Crippen LogP contribution in [0.15, 0.2) is 0 Å². The van der Waals surface area contributed by atoms with Gasteiger partial charge in [0.25, 0.3) is 0 Å². The third-order valence-corrected chi connectivity index (χ3v) is 8.59. The lowest BCUT2D eigenvalue weighted by Crippen LogP contribution is -2.54. The zero-order chi connectivity index (χ0) is 14.8. The third-order valence-electron chi connectivity index (χ3n) is 8.59. The second kappa shape index (κ2) is 4.71. The van der Waals surface area contributed by atoms with Crippen LogP contribution in [-0.2, 0) is 0 Å². The van der Waals surface area contributed by atoms with Crippen LogP contribution in [0, 0.1) is 34.5 Å². The van der Waals surface area contributed by atoms with Gasteiger partial charge in [-0.05, 0) is 92.3 Å². The molecule has 4 fully saturated rings. The predicted molar refractivity (Wildman–Crippen MR) is 83.7 cm³/mol. The molecule has 0 amide bonds. The lowest BCUT2D eigenvalue weighted by Gasteiger charge is -2.60. The van der Waals surface area contributed by atoms with Gasteiger partial charge in [0, 0.05) is 0 Å². The van der Waals surface area contributed by atoms with E-state index in [9.17, 15) is 10.2 Å². The van der Waals surface area contributed by atoms with E-state index in [1.165, 1.54) is 38.5 Å². The van der Waals surface area contributed by atoms with Crippen LogP contribution in [0.4, 0.5) is 0 Å². The number of rotatable bonds is 0. The van der Waals surface area contributed by atoms with E-state index in [2.05, 4.69) is 13.8 Å². The summed E-state index contributed by atoms with van der Waals surface area (Å²) < 4.78 is 0. The first kappa shape index (κ1) is 14.5. The summed E-state index contributed by atoms with van der Waals surface area (Å²) in [6.45, 7) is 4.90. The highest BCUT2D eigenvalue weighted by atomic mass is 16.3. The van der Waals surface area contributed by atoms with Crippen LogP contribution in [-0.4, -0.2) is 22.4 Å². The Hall–Kier alpha value is -0.0800. The molecule has 4 rings (SSSR count). The molecule has 0 saturated heterocycles. The first-order valence-corrected chi connectivity index (χ1v) is 9.31. The SMILES string of the molecule is C[C@@]12CC[C@@H]3[C@H](CC[C@@H]4C[C@H](O)CC[C@]43C)[C@H]1CC[C@H]2O. The van der Waals surface area contributed by atoms with E-state index in [0.717, 1.165) is 42.9 Å². The van der Waals surface area contributed by atoms with E-state index in [0.29, 0.717) is 5.41 Å². The molecule has 2 nitrogen and oxygen atoms in total. The number of hydrogen-bond donors (Lipinski definition) is 2. The van der Waals surface area contributed by atoms with Gasteiger partial charge < -0.3 is 10.2 Å². The topological polar surface area (TPSA) is 40.5 Å². The summed E-state index contributed by atoms with van der Waals surface area (Å²) in [5.41, 5.74) is 0.676. The van der Waals surface area contributed by atoms with E-state index >= 15 is 0 Å². The van der Waals surface area contributed by atoms with Crippen LogP contribution in [0.5, 0.6) is 0 Å². The van der Waals surface area contributed by atoms with Crippen molar-refractivity contribution in [1.82, 2.24) is 0 Å². The highest BCUT2D eigenvalue weighted by molar-refractivity contribution is 5.09. The Morgan fingerprint density at radius 2 is 1.48 bits per heavy atom. The van der Waals surface area contributed by atoms with E-state index < -0.39 is 0 Å². The fraction of sp³-hybridized carbons (Fsp3) is 1.00.